The zero-order valence-electron chi connectivity index (χ0n) is 12.0. The molecular formula is C13H17ClN6O. The molecule has 21 heavy (non-hydrogen) atoms. The molecule has 1 fully saturated rings. The fourth-order valence-corrected chi connectivity index (χ4v) is 2.61. The second-order valence-electron chi connectivity index (χ2n) is 5.08. The second kappa shape index (κ2) is 5.95. The topological polar surface area (TPSA) is 71.2 Å². The summed E-state index contributed by atoms with van der Waals surface area (Å²) in [5, 5.41) is 4.27. The zero-order valence-corrected chi connectivity index (χ0v) is 12.8. The Labute approximate surface area is 127 Å². The van der Waals surface area contributed by atoms with Crippen molar-refractivity contribution in [3.8, 4) is 0 Å². The Morgan fingerprint density at radius 3 is 2.57 bits per heavy atom. The molecule has 0 radical (unpaired) electrons. The van der Waals surface area contributed by atoms with E-state index in [1.807, 2.05) is 6.92 Å². The lowest BCUT2D eigenvalue weighted by Gasteiger charge is -2.37. The molecule has 1 aliphatic heterocycles. The van der Waals surface area contributed by atoms with E-state index in [9.17, 15) is 0 Å². The molecule has 0 amide bonds. The number of aryl methyl sites for hydroxylation is 1. The van der Waals surface area contributed by atoms with Gasteiger partial charge in [0.05, 0.1) is 18.4 Å². The van der Waals surface area contributed by atoms with Gasteiger partial charge in [0, 0.05) is 26.2 Å². The van der Waals surface area contributed by atoms with Gasteiger partial charge in [-0.05, 0) is 13.8 Å². The van der Waals surface area contributed by atoms with Crippen LogP contribution in [0, 0.1) is 6.92 Å². The molecule has 1 aliphatic rings. The summed E-state index contributed by atoms with van der Waals surface area (Å²) in [5.74, 6) is 2.16. The third kappa shape index (κ3) is 3.14. The van der Waals surface area contributed by atoms with Crippen molar-refractivity contribution in [2.45, 2.75) is 19.9 Å². The zero-order chi connectivity index (χ0) is 14.8. The molecule has 2 aromatic rings. The summed E-state index contributed by atoms with van der Waals surface area (Å²) in [4.78, 5) is 17.2. The van der Waals surface area contributed by atoms with E-state index in [2.05, 4.69) is 36.8 Å². The van der Waals surface area contributed by atoms with E-state index in [4.69, 9.17) is 16.1 Å². The quantitative estimate of drug-likeness (QED) is 0.854. The van der Waals surface area contributed by atoms with Gasteiger partial charge in [-0.25, -0.2) is 4.98 Å². The third-order valence-corrected chi connectivity index (χ3v) is 3.86. The van der Waals surface area contributed by atoms with Gasteiger partial charge < -0.3 is 9.42 Å². The molecule has 0 bridgehead atoms. The number of halogens is 1. The number of piperazine rings is 1. The number of hydrogen-bond donors (Lipinski definition) is 0. The molecule has 0 aliphatic carbocycles. The van der Waals surface area contributed by atoms with Crippen molar-refractivity contribution in [3.05, 3.63) is 29.3 Å². The van der Waals surface area contributed by atoms with Crippen LogP contribution >= 0.6 is 11.6 Å². The molecule has 7 nitrogen and oxygen atoms in total. The lowest BCUT2D eigenvalue weighted by atomic mass is 10.2. The maximum Gasteiger partial charge on any atom is 0.243 e. The lowest BCUT2D eigenvalue weighted by Crippen LogP contribution is -2.47. The molecular weight excluding hydrogens is 292 g/mol. The standard InChI is InChI=1S/C13H17ClN6O/c1-9(13-16-10(2)18-21-13)19-3-5-20(6-4-19)12-8-15-7-11(14)17-12/h7-9H,3-6H2,1-2H3. The Bertz CT molecular complexity index is 610. The SMILES string of the molecule is Cc1noc(C(C)N2CCN(c3cncc(Cl)n3)CC2)n1. The summed E-state index contributed by atoms with van der Waals surface area (Å²) in [7, 11) is 0. The van der Waals surface area contributed by atoms with E-state index in [1.165, 1.54) is 0 Å². The molecule has 2 aromatic heterocycles. The van der Waals surface area contributed by atoms with Crippen molar-refractivity contribution in [2.24, 2.45) is 0 Å². The largest absolute Gasteiger partial charge is 0.353 e. The molecule has 8 heteroatoms. The summed E-state index contributed by atoms with van der Waals surface area (Å²) < 4.78 is 5.25. The van der Waals surface area contributed by atoms with Crippen molar-refractivity contribution < 1.29 is 4.52 Å². The Kier molecular flexibility index (Phi) is 4.03. The van der Waals surface area contributed by atoms with Gasteiger partial charge in [-0.2, -0.15) is 4.98 Å². The minimum Gasteiger partial charge on any atom is -0.353 e. The van der Waals surface area contributed by atoms with Crippen molar-refractivity contribution in [3.63, 3.8) is 0 Å². The molecule has 112 valence electrons. The van der Waals surface area contributed by atoms with Crippen LogP contribution in [0.15, 0.2) is 16.9 Å². The normalized spacial score (nSPS) is 18.0. The number of rotatable bonds is 3. The average Bonchev–Trinajstić information content (AvgIpc) is 2.93. The van der Waals surface area contributed by atoms with Crippen LogP contribution < -0.4 is 4.90 Å². The fourth-order valence-electron chi connectivity index (χ4n) is 2.46. The van der Waals surface area contributed by atoms with Gasteiger partial charge in [0.25, 0.3) is 0 Å². The van der Waals surface area contributed by atoms with Gasteiger partial charge >= 0.3 is 0 Å². The second-order valence-corrected chi connectivity index (χ2v) is 5.47. The highest BCUT2D eigenvalue weighted by Gasteiger charge is 2.26. The summed E-state index contributed by atoms with van der Waals surface area (Å²) in [6, 6.07) is 0.124. The monoisotopic (exact) mass is 308 g/mol. The Hall–Kier alpha value is -1.73. The molecule has 1 saturated heterocycles. The van der Waals surface area contributed by atoms with Crippen LogP contribution in [0.2, 0.25) is 5.15 Å². The van der Waals surface area contributed by atoms with E-state index >= 15 is 0 Å². The first kappa shape index (κ1) is 14.2. The van der Waals surface area contributed by atoms with Crippen molar-refractivity contribution in [2.75, 3.05) is 31.1 Å². The van der Waals surface area contributed by atoms with Crippen LogP contribution in [-0.2, 0) is 0 Å². The smallest absolute Gasteiger partial charge is 0.243 e. The molecule has 0 N–H and O–H groups in total. The van der Waals surface area contributed by atoms with Crippen molar-refractivity contribution >= 4 is 17.4 Å². The van der Waals surface area contributed by atoms with E-state index < -0.39 is 0 Å². The van der Waals surface area contributed by atoms with Gasteiger partial charge in [-0.1, -0.05) is 16.8 Å². The first-order valence-corrected chi connectivity index (χ1v) is 7.28. The first-order valence-electron chi connectivity index (χ1n) is 6.90. The number of hydrogen-bond acceptors (Lipinski definition) is 7. The highest BCUT2D eigenvalue weighted by Crippen LogP contribution is 2.22. The van der Waals surface area contributed by atoms with E-state index in [0.29, 0.717) is 16.9 Å². The summed E-state index contributed by atoms with van der Waals surface area (Å²) in [6.07, 6.45) is 3.29. The predicted molar refractivity (Wildman–Crippen MR) is 78.3 cm³/mol. The molecule has 1 atom stereocenters. The highest BCUT2D eigenvalue weighted by atomic mass is 35.5. The predicted octanol–water partition coefficient (Wildman–Crippen LogP) is 1.70. The summed E-state index contributed by atoms with van der Waals surface area (Å²) in [6.45, 7) is 7.45. The maximum atomic E-state index is 5.89. The van der Waals surface area contributed by atoms with Gasteiger partial charge in [-0.3, -0.25) is 9.88 Å². The minimum atomic E-state index is 0.124. The van der Waals surface area contributed by atoms with Crippen molar-refractivity contribution in [1.29, 1.82) is 0 Å². The van der Waals surface area contributed by atoms with Crippen LogP contribution in [-0.4, -0.2) is 51.2 Å². The number of nitrogens with zero attached hydrogens (tertiary/aromatic N) is 6. The molecule has 1 unspecified atom stereocenters. The molecule has 0 saturated carbocycles. The highest BCUT2D eigenvalue weighted by molar-refractivity contribution is 6.29. The minimum absolute atomic E-state index is 0.124. The van der Waals surface area contributed by atoms with E-state index in [0.717, 1.165) is 32.0 Å². The third-order valence-electron chi connectivity index (χ3n) is 3.68. The maximum absolute atomic E-state index is 5.89. The molecule has 3 rings (SSSR count). The van der Waals surface area contributed by atoms with Gasteiger partial charge in [0.15, 0.2) is 5.82 Å². The lowest BCUT2D eigenvalue weighted by molar-refractivity contribution is 0.164. The Balaban J connectivity index is 1.62. The summed E-state index contributed by atoms with van der Waals surface area (Å²) in [5.41, 5.74) is 0. The van der Waals surface area contributed by atoms with Gasteiger partial charge in [0.1, 0.15) is 11.0 Å². The van der Waals surface area contributed by atoms with Crippen molar-refractivity contribution in [1.82, 2.24) is 25.0 Å². The van der Waals surface area contributed by atoms with Crippen LogP contribution in [0.3, 0.4) is 0 Å². The fraction of sp³-hybridized carbons (Fsp3) is 0.538. The van der Waals surface area contributed by atoms with Crippen LogP contribution in [0.5, 0.6) is 0 Å². The molecule has 3 heterocycles. The Morgan fingerprint density at radius 1 is 1.19 bits per heavy atom. The number of aromatic nitrogens is 4. The molecule has 0 spiro atoms. The van der Waals surface area contributed by atoms with Gasteiger partial charge in [-0.15, -0.1) is 0 Å². The Morgan fingerprint density at radius 2 is 1.95 bits per heavy atom. The van der Waals surface area contributed by atoms with Crippen LogP contribution in [0.25, 0.3) is 0 Å². The number of anilines is 1. The van der Waals surface area contributed by atoms with E-state index in [-0.39, 0.29) is 6.04 Å². The van der Waals surface area contributed by atoms with E-state index in [1.54, 1.807) is 12.4 Å². The average molecular weight is 309 g/mol. The summed E-state index contributed by atoms with van der Waals surface area (Å²) >= 11 is 5.89. The van der Waals surface area contributed by atoms with Crippen LogP contribution in [0.4, 0.5) is 5.82 Å². The van der Waals surface area contributed by atoms with Crippen LogP contribution in [0.1, 0.15) is 24.7 Å². The molecule has 0 aromatic carbocycles. The first-order chi connectivity index (χ1) is 10.1. The van der Waals surface area contributed by atoms with Gasteiger partial charge in [0.2, 0.25) is 5.89 Å².